The molecule has 3 atom stereocenters. The highest BCUT2D eigenvalue weighted by atomic mass is 15.3. The van der Waals surface area contributed by atoms with Crippen LogP contribution in [0.15, 0.2) is 24.3 Å². The van der Waals surface area contributed by atoms with Gasteiger partial charge < -0.3 is 5.32 Å². The van der Waals surface area contributed by atoms with E-state index in [1.807, 2.05) is 0 Å². The highest BCUT2D eigenvalue weighted by molar-refractivity contribution is 5.24. The van der Waals surface area contributed by atoms with Crippen molar-refractivity contribution in [2.45, 2.75) is 59.2 Å². The first-order valence-electron chi connectivity index (χ1n) is 8.08. The van der Waals surface area contributed by atoms with Crippen LogP contribution < -0.4 is 5.32 Å². The average molecular weight is 274 g/mol. The minimum Gasteiger partial charge on any atom is -0.311 e. The van der Waals surface area contributed by atoms with Gasteiger partial charge in [0.15, 0.2) is 0 Å². The van der Waals surface area contributed by atoms with E-state index in [0.717, 1.165) is 13.1 Å². The van der Waals surface area contributed by atoms with Crippen LogP contribution in [0.3, 0.4) is 0 Å². The van der Waals surface area contributed by atoms with E-state index in [-0.39, 0.29) is 0 Å². The van der Waals surface area contributed by atoms with Crippen LogP contribution in [-0.4, -0.2) is 30.1 Å². The number of aryl methyl sites for hydroxylation is 1. The van der Waals surface area contributed by atoms with Crippen molar-refractivity contribution < 1.29 is 0 Å². The average Bonchev–Trinajstić information content (AvgIpc) is 2.46. The molecule has 1 aliphatic rings. The minimum absolute atomic E-state index is 0.504. The topological polar surface area (TPSA) is 15.3 Å². The highest BCUT2D eigenvalue weighted by Gasteiger charge is 2.31. The van der Waals surface area contributed by atoms with Gasteiger partial charge in [-0.2, -0.15) is 0 Å². The Balaban J connectivity index is 2.15. The molecule has 2 nitrogen and oxygen atoms in total. The first-order chi connectivity index (χ1) is 9.52. The first-order valence-corrected chi connectivity index (χ1v) is 8.08. The molecule has 0 aromatic heterocycles. The van der Waals surface area contributed by atoms with Crippen LogP contribution in [0.2, 0.25) is 0 Å². The lowest BCUT2D eigenvalue weighted by atomic mass is 9.95. The second-order valence-corrected chi connectivity index (χ2v) is 6.60. The number of nitrogens with zero attached hydrogens (tertiary/aromatic N) is 1. The molecule has 1 aliphatic heterocycles. The predicted molar refractivity (Wildman–Crippen MR) is 87.0 cm³/mol. The maximum Gasteiger partial charge on any atom is 0.0324 e. The molecule has 0 saturated carbocycles. The number of nitrogens with one attached hydrogen (secondary N) is 1. The van der Waals surface area contributed by atoms with E-state index < -0.39 is 0 Å². The Morgan fingerprint density at radius 2 is 1.85 bits per heavy atom. The minimum atomic E-state index is 0.504. The summed E-state index contributed by atoms with van der Waals surface area (Å²) in [6, 6.07) is 10.8. The SMILES string of the molecule is CCC1CNC(C(C)C)CN1C(C)c1ccc(C)cc1. The first kappa shape index (κ1) is 15.5. The van der Waals surface area contributed by atoms with E-state index in [9.17, 15) is 0 Å². The summed E-state index contributed by atoms with van der Waals surface area (Å²) < 4.78 is 0. The largest absolute Gasteiger partial charge is 0.311 e. The standard InChI is InChI=1S/C18H30N2/c1-6-17-11-19-18(13(2)3)12-20(17)15(5)16-9-7-14(4)8-10-16/h7-10,13,15,17-19H,6,11-12H2,1-5H3. The van der Waals surface area contributed by atoms with Gasteiger partial charge in [-0.25, -0.2) is 0 Å². The van der Waals surface area contributed by atoms with Crippen LogP contribution in [0.4, 0.5) is 0 Å². The van der Waals surface area contributed by atoms with E-state index in [0.29, 0.717) is 24.0 Å². The van der Waals surface area contributed by atoms with E-state index in [4.69, 9.17) is 0 Å². The second-order valence-electron chi connectivity index (χ2n) is 6.60. The van der Waals surface area contributed by atoms with E-state index in [2.05, 4.69) is 69.1 Å². The summed E-state index contributed by atoms with van der Waals surface area (Å²) in [6.45, 7) is 13.7. The molecule has 1 aromatic carbocycles. The Bertz CT molecular complexity index is 410. The molecule has 0 aliphatic carbocycles. The van der Waals surface area contributed by atoms with Crippen molar-refractivity contribution in [2.24, 2.45) is 5.92 Å². The third kappa shape index (κ3) is 3.42. The third-order valence-corrected chi connectivity index (χ3v) is 4.83. The van der Waals surface area contributed by atoms with Crippen molar-refractivity contribution in [2.75, 3.05) is 13.1 Å². The molecule has 1 aromatic rings. The van der Waals surface area contributed by atoms with Crippen molar-refractivity contribution in [3.8, 4) is 0 Å². The smallest absolute Gasteiger partial charge is 0.0324 e. The Kier molecular flexibility index (Phi) is 5.22. The summed E-state index contributed by atoms with van der Waals surface area (Å²) in [5.41, 5.74) is 2.78. The Labute approximate surface area is 124 Å². The molecule has 112 valence electrons. The third-order valence-electron chi connectivity index (χ3n) is 4.83. The van der Waals surface area contributed by atoms with Gasteiger partial charge in [-0.1, -0.05) is 50.6 Å². The molecule has 0 spiro atoms. The molecule has 20 heavy (non-hydrogen) atoms. The van der Waals surface area contributed by atoms with Gasteiger partial charge in [0.05, 0.1) is 0 Å². The van der Waals surface area contributed by atoms with Crippen LogP contribution in [0, 0.1) is 12.8 Å². The molecule has 1 saturated heterocycles. The molecule has 2 rings (SSSR count). The maximum absolute atomic E-state index is 3.72. The Hall–Kier alpha value is -0.860. The van der Waals surface area contributed by atoms with Crippen molar-refractivity contribution in [1.82, 2.24) is 10.2 Å². The van der Waals surface area contributed by atoms with Crippen LogP contribution >= 0.6 is 0 Å². The lowest BCUT2D eigenvalue weighted by molar-refractivity contribution is 0.0736. The lowest BCUT2D eigenvalue weighted by Crippen LogP contribution is -2.58. The van der Waals surface area contributed by atoms with Gasteiger partial charge in [0, 0.05) is 31.2 Å². The van der Waals surface area contributed by atoms with Gasteiger partial charge in [0.25, 0.3) is 0 Å². The molecular formula is C18H30N2. The molecule has 0 bridgehead atoms. The van der Waals surface area contributed by atoms with Crippen molar-refractivity contribution in [3.63, 3.8) is 0 Å². The van der Waals surface area contributed by atoms with Crippen LogP contribution in [0.1, 0.15) is 51.3 Å². The Morgan fingerprint density at radius 3 is 2.40 bits per heavy atom. The van der Waals surface area contributed by atoms with Gasteiger partial charge in [0.2, 0.25) is 0 Å². The monoisotopic (exact) mass is 274 g/mol. The van der Waals surface area contributed by atoms with Crippen LogP contribution in [0.25, 0.3) is 0 Å². The van der Waals surface area contributed by atoms with Crippen LogP contribution in [-0.2, 0) is 0 Å². The van der Waals surface area contributed by atoms with Gasteiger partial charge >= 0.3 is 0 Å². The molecule has 1 fully saturated rings. The molecule has 2 heteroatoms. The maximum atomic E-state index is 3.72. The van der Waals surface area contributed by atoms with Gasteiger partial charge in [0.1, 0.15) is 0 Å². The predicted octanol–water partition coefficient (Wildman–Crippen LogP) is 3.76. The summed E-state index contributed by atoms with van der Waals surface area (Å²) >= 11 is 0. The van der Waals surface area contributed by atoms with E-state index >= 15 is 0 Å². The molecule has 1 heterocycles. The van der Waals surface area contributed by atoms with Crippen molar-refractivity contribution in [1.29, 1.82) is 0 Å². The number of rotatable bonds is 4. The fourth-order valence-electron chi connectivity index (χ4n) is 3.18. The fourth-order valence-corrected chi connectivity index (χ4v) is 3.18. The van der Waals surface area contributed by atoms with Crippen molar-refractivity contribution in [3.05, 3.63) is 35.4 Å². The molecule has 3 unspecified atom stereocenters. The molecule has 1 N–H and O–H groups in total. The summed E-state index contributed by atoms with van der Waals surface area (Å²) in [5, 5.41) is 3.72. The summed E-state index contributed by atoms with van der Waals surface area (Å²) in [5.74, 6) is 0.695. The van der Waals surface area contributed by atoms with Crippen molar-refractivity contribution >= 4 is 0 Å². The molecular weight excluding hydrogens is 244 g/mol. The highest BCUT2D eigenvalue weighted by Crippen LogP contribution is 2.27. The lowest BCUT2D eigenvalue weighted by Gasteiger charge is -2.45. The second kappa shape index (κ2) is 6.73. The van der Waals surface area contributed by atoms with Crippen LogP contribution in [0.5, 0.6) is 0 Å². The molecule has 0 amide bonds. The number of piperazine rings is 1. The number of benzene rings is 1. The van der Waals surface area contributed by atoms with Gasteiger partial charge in [-0.3, -0.25) is 4.90 Å². The zero-order valence-electron chi connectivity index (χ0n) is 13.7. The van der Waals surface area contributed by atoms with Gasteiger partial charge in [-0.15, -0.1) is 0 Å². The van der Waals surface area contributed by atoms with Gasteiger partial charge in [-0.05, 0) is 31.7 Å². The number of hydrogen-bond acceptors (Lipinski definition) is 2. The quantitative estimate of drug-likeness (QED) is 0.899. The molecule has 0 radical (unpaired) electrons. The summed E-state index contributed by atoms with van der Waals surface area (Å²) in [6.07, 6.45) is 1.22. The Morgan fingerprint density at radius 1 is 1.20 bits per heavy atom. The fraction of sp³-hybridized carbons (Fsp3) is 0.667. The normalized spacial score (nSPS) is 25.9. The van der Waals surface area contributed by atoms with E-state index in [1.165, 1.54) is 17.5 Å². The summed E-state index contributed by atoms with van der Waals surface area (Å²) in [7, 11) is 0. The zero-order chi connectivity index (χ0) is 14.7. The summed E-state index contributed by atoms with van der Waals surface area (Å²) in [4.78, 5) is 2.70. The number of hydrogen-bond donors (Lipinski definition) is 1. The zero-order valence-corrected chi connectivity index (χ0v) is 13.7. The van der Waals surface area contributed by atoms with E-state index in [1.54, 1.807) is 0 Å².